The van der Waals surface area contributed by atoms with Crippen LogP contribution in [0.2, 0.25) is 10.0 Å². The lowest BCUT2D eigenvalue weighted by Gasteiger charge is -2.09. The number of carbonyl (C=O) groups excluding carboxylic acids is 1. The molecule has 0 aliphatic rings. The summed E-state index contributed by atoms with van der Waals surface area (Å²) in [5.41, 5.74) is 1.23. The Morgan fingerprint density at radius 1 is 1.30 bits per heavy atom. The first-order valence-corrected chi connectivity index (χ1v) is 9.30. The molecule has 11 heteroatoms. The monoisotopic (exact) mass is 426 g/mol. The largest absolute Gasteiger partial charge is 0.335 e. The number of hydrogen-bond acceptors (Lipinski definition) is 6. The summed E-state index contributed by atoms with van der Waals surface area (Å²) in [6.45, 7) is 1.73. The fourth-order valence-electron chi connectivity index (χ4n) is 2.11. The minimum absolute atomic E-state index is 0.0123. The number of benzene rings is 1. The number of nitrogens with zero attached hydrogens (tertiary/aromatic N) is 4. The molecule has 1 aromatic carbocycles. The highest BCUT2D eigenvalue weighted by Crippen LogP contribution is 2.29. The zero-order valence-electron chi connectivity index (χ0n) is 13.9. The van der Waals surface area contributed by atoms with Crippen LogP contribution in [-0.4, -0.2) is 31.5 Å². The number of aromatic nitrogens is 4. The van der Waals surface area contributed by atoms with Crippen LogP contribution in [0, 0.1) is 12.7 Å². The van der Waals surface area contributed by atoms with Crippen LogP contribution < -0.4 is 11.2 Å². The van der Waals surface area contributed by atoms with E-state index in [0.717, 1.165) is 11.8 Å². The Morgan fingerprint density at radius 2 is 2.00 bits per heavy atom. The second kappa shape index (κ2) is 8.12. The van der Waals surface area contributed by atoms with Crippen molar-refractivity contribution in [1.82, 2.24) is 19.9 Å². The molecule has 0 spiro atoms. The molecule has 0 radical (unpaired) electrons. The Kier molecular flexibility index (Phi) is 5.83. The van der Waals surface area contributed by atoms with Gasteiger partial charge in [-0.3, -0.25) is 4.79 Å². The van der Waals surface area contributed by atoms with Crippen molar-refractivity contribution in [2.24, 2.45) is 0 Å². The van der Waals surface area contributed by atoms with Crippen LogP contribution in [0.15, 0.2) is 35.6 Å². The number of hydrogen-bond donors (Lipinski definition) is 2. The summed E-state index contributed by atoms with van der Waals surface area (Å²) < 4.78 is 14.3. The Morgan fingerprint density at radius 3 is 2.70 bits per heavy atom. The predicted molar refractivity (Wildman–Crippen MR) is 104 cm³/mol. The topological polar surface area (TPSA) is 98.7 Å². The van der Waals surface area contributed by atoms with Crippen molar-refractivity contribution in [1.29, 1.82) is 0 Å². The van der Waals surface area contributed by atoms with Crippen molar-refractivity contribution >= 4 is 46.7 Å². The fraction of sp³-hybridized carbons (Fsp3) is 0.125. The molecule has 3 aromatic rings. The summed E-state index contributed by atoms with van der Waals surface area (Å²) in [6.07, 6.45) is 1.41. The number of anilines is 1. The van der Waals surface area contributed by atoms with Crippen molar-refractivity contribution < 1.29 is 9.18 Å². The first kappa shape index (κ1) is 19.4. The van der Waals surface area contributed by atoms with Gasteiger partial charge in [-0.05, 0) is 36.8 Å². The SMILES string of the molecule is Cc1c(Cl)cnc(NC(=O)CSc2nnc(-c3ccc(F)cc3)n2N)c1Cl. The van der Waals surface area contributed by atoms with Crippen molar-refractivity contribution in [3.05, 3.63) is 51.9 Å². The standard InChI is InChI=1S/C16H13Cl2FN6OS/c1-8-11(17)6-21-14(13(8)18)22-12(26)7-27-16-24-23-15(25(16)20)9-2-4-10(19)5-3-9/h2-6H,7,20H2,1H3,(H,21,22,26). The summed E-state index contributed by atoms with van der Waals surface area (Å²) in [5, 5.41) is 11.6. The van der Waals surface area contributed by atoms with E-state index < -0.39 is 0 Å². The van der Waals surface area contributed by atoms with E-state index in [1.54, 1.807) is 19.1 Å². The first-order valence-electron chi connectivity index (χ1n) is 7.56. The maximum absolute atomic E-state index is 13.0. The molecule has 0 atom stereocenters. The second-order valence-corrected chi connectivity index (χ2v) is 7.14. The smallest absolute Gasteiger partial charge is 0.236 e. The van der Waals surface area contributed by atoms with Gasteiger partial charge in [-0.2, -0.15) is 0 Å². The highest BCUT2D eigenvalue weighted by molar-refractivity contribution is 7.99. The second-order valence-electron chi connectivity index (χ2n) is 5.41. The molecule has 0 saturated heterocycles. The molecule has 27 heavy (non-hydrogen) atoms. The lowest BCUT2D eigenvalue weighted by molar-refractivity contribution is -0.113. The third-order valence-electron chi connectivity index (χ3n) is 3.56. The minimum Gasteiger partial charge on any atom is -0.335 e. The zero-order chi connectivity index (χ0) is 19.6. The molecule has 0 saturated carbocycles. The fourth-order valence-corrected chi connectivity index (χ4v) is 3.16. The Balaban J connectivity index is 1.66. The van der Waals surface area contributed by atoms with Gasteiger partial charge in [0.1, 0.15) is 5.82 Å². The lowest BCUT2D eigenvalue weighted by Crippen LogP contribution is -2.17. The average Bonchev–Trinajstić information content (AvgIpc) is 3.02. The van der Waals surface area contributed by atoms with E-state index >= 15 is 0 Å². The van der Waals surface area contributed by atoms with E-state index in [4.69, 9.17) is 29.0 Å². The van der Waals surface area contributed by atoms with Gasteiger partial charge in [-0.15, -0.1) is 10.2 Å². The Bertz CT molecular complexity index is 995. The summed E-state index contributed by atoms with van der Waals surface area (Å²) in [5.74, 6) is 5.86. The lowest BCUT2D eigenvalue weighted by atomic mass is 10.2. The summed E-state index contributed by atoms with van der Waals surface area (Å²) >= 11 is 13.1. The summed E-state index contributed by atoms with van der Waals surface area (Å²) in [7, 11) is 0. The van der Waals surface area contributed by atoms with Gasteiger partial charge in [0.2, 0.25) is 11.1 Å². The number of nitrogens with two attached hydrogens (primary N) is 1. The predicted octanol–water partition coefficient (Wildman–Crippen LogP) is 3.54. The third-order valence-corrected chi connectivity index (χ3v) is 5.35. The quantitative estimate of drug-likeness (QED) is 0.478. The molecule has 0 aliphatic carbocycles. The Labute approximate surface area is 168 Å². The number of halogens is 3. The van der Waals surface area contributed by atoms with Crippen LogP contribution >= 0.6 is 35.0 Å². The van der Waals surface area contributed by atoms with Gasteiger partial charge in [0.25, 0.3) is 0 Å². The van der Waals surface area contributed by atoms with Gasteiger partial charge in [0.15, 0.2) is 11.6 Å². The zero-order valence-corrected chi connectivity index (χ0v) is 16.2. The van der Waals surface area contributed by atoms with E-state index in [-0.39, 0.29) is 28.3 Å². The van der Waals surface area contributed by atoms with E-state index in [2.05, 4.69) is 20.5 Å². The van der Waals surface area contributed by atoms with Crippen molar-refractivity contribution in [3.63, 3.8) is 0 Å². The van der Waals surface area contributed by atoms with Crippen LogP contribution in [0.25, 0.3) is 11.4 Å². The van der Waals surface area contributed by atoms with Crippen molar-refractivity contribution in [2.75, 3.05) is 16.9 Å². The molecular formula is C16H13Cl2FN6OS. The van der Waals surface area contributed by atoms with Gasteiger partial charge in [-0.1, -0.05) is 35.0 Å². The van der Waals surface area contributed by atoms with Crippen LogP contribution in [0.1, 0.15) is 5.56 Å². The number of amides is 1. The Hall–Kier alpha value is -2.36. The number of thioether (sulfide) groups is 1. The molecule has 1 amide bonds. The highest BCUT2D eigenvalue weighted by Gasteiger charge is 2.16. The number of nitrogens with one attached hydrogen (secondary N) is 1. The van der Waals surface area contributed by atoms with Gasteiger partial charge < -0.3 is 11.2 Å². The number of nitrogen functional groups attached to an aromatic ring is 1. The van der Waals surface area contributed by atoms with Crippen LogP contribution in [0.5, 0.6) is 0 Å². The van der Waals surface area contributed by atoms with Crippen molar-refractivity contribution in [2.45, 2.75) is 12.1 Å². The molecule has 3 rings (SSSR count). The van der Waals surface area contributed by atoms with E-state index in [0.29, 0.717) is 27.1 Å². The minimum atomic E-state index is -0.363. The van der Waals surface area contributed by atoms with Gasteiger partial charge >= 0.3 is 0 Å². The molecule has 2 heterocycles. The molecule has 0 aliphatic heterocycles. The molecule has 0 fully saturated rings. The van der Waals surface area contributed by atoms with E-state index in [1.165, 1.54) is 23.0 Å². The number of carbonyl (C=O) groups is 1. The number of pyridine rings is 1. The molecule has 140 valence electrons. The number of rotatable bonds is 5. The van der Waals surface area contributed by atoms with Gasteiger partial charge in [0, 0.05) is 11.8 Å². The van der Waals surface area contributed by atoms with Crippen LogP contribution in [0.3, 0.4) is 0 Å². The first-order chi connectivity index (χ1) is 12.9. The molecule has 0 bridgehead atoms. The molecule has 2 aromatic heterocycles. The van der Waals surface area contributed by atoms with Crippen LogP contribution in [0.4, 0.5) is 10.2 Å². The maximum Gasteiger partial charge on any atom is 0.236 e. The third kappa shape index (κ3) is 4.32. The highest BCUT2D eigenvalue weighted by atomic mass is 35.5. The molecule has 0 unspecified atom stereocenters. The molecule has 7 nitrogen and oxygen atoms in total. The normalized spacial score (nSPS) is 10.8. The van der Waals surface area contributed by atoms with E-state index in [1.807, 2.05) is 0 Å². The average molecular weight is 427 g/mol. The van der Waals surface area contributed by atoms with E-state index in [9.17, 15) is 9.18 Å². The molecular weight excluding hydrogens is 414 g/mol. The van der Waals surface area contributed by atoms with Gasteiger partial charge in [-0.25, -0.2) is 14.1 Å². The van der Waals surface area contributed by atoms with Crippen LogP contribution in [-0.2, 0) is 4.79 Å². The summed E-state index contributed by atoms with van der Waals surface area (Å²) in [6, 6.07) is 5.69. The van der Waals surface area contributed by atoms with Gasteiger partial charge in [0.05, 0.1) is 15.8 Å². The summed E-state index contributed by atoms with van der Waals surface area (Å²) in [4.78, 5) is 16.2. The maximum atomic E-state index is 13.0. The molecule has 3 N–H and O–H groups in total. The van der Waals surface area contributed by atoms with Crippen molar-refractivity contribution in [3.8, 4) is 11.4 Å².